The van der Waals surface area contributed by atoms with Crippen molar-refractivity contribution in [2.45, 2.75) is 57.5 Å². The topological polar surface area (TPSA) is 9.23 Å². The maximum atomic E-state index is 13.7. The van der Waals surface area contributed by atoms with Crippen LogP contribution in [-0.2, 0) is 4.74 Å². The van der Waals surface area contributed by atoms with E-state index in [0.717, 1.165) is 29.6 Å². The van der Waals surface area contributed by atoms with Crippen molar-refractivity contribution in [1.82, 2.24) is 0 Å². The van der Waals surface area contributed by atoms with Gasteiger partial charge in [-0.3, -0.25) is 0 Å². The molecule has 0 aromatic heterocycles. The molecule has 0 N–H and O–H groups in total. The molecule has 0 spiro atoms. The van der Waals surface area contributed by atoms with Crippen LogP contribution in [0.3, 0.4) is 0 Å². The Morgan fingerprint density at radius 2 is 1.63 bits per heavy atom. The first-order chi connectivity index (χ1) is 13.1. The molecule has 0 aliphatic heterocycles. The first-order valence-electron chi connectivity index (χ1n) is 10.3. The number of halogens is 2. The summed E-state index contributed by atoms with van der Waals surface area (Å²) >= 11 is 5.79. The van der Waals surface area contributed by atoms with E-state index in [4.69, 9.17) is 16.3 Å². The quantitative estimate of drug-likeness (QED) is 0.538. The fraction of sp³-hybridized carbons (Fsp3) is 0.500. The molecule has 2 aliphatic carbocycles. The van der Waals surface area contributed by atoms with Gasteiger partial charge in [0, 0.05) is 6.61 Å². The largest absolute Gasteiger partial charge is 0.378 e. The zero-order chi connectivity index (χ0) is 18.8. The number of hydrogen-bond donors (Lipinski definition) is 0. The van der Waals surface area contributed by atoms with Crippen LogP contribution in [0, 0.1) is 17.7 Å². The zero-order valence-corrected chi connectivity index (χ0v) is 16.7. The highest BCUT2D eigenvalue weighted by atomic mass is 35.5. The third-order valence-electron chi connectivity index (χ3n) is 6.60. The number of rotatable bonds is 4. The van der Waals surface area contributed by atoms with Gasteiger partial charge in [-0.05, 0) is 92.0 Å². The van der Waals surface area contributed by atoms with Crippen LogP contribution in [0.15, 0.2) is 42.5 Å². The lowest BCUT2D eigenvalue weighted by molar-refractivity contribution is -0.00955. The SMILES string of the molecule is CCOC1CCC2CC(c3ccc(-c4ccc(Cl)c(F)c4)cc3)CCC2C1. The summed E-state index contributed by atoms with van der Waals surface area (Å²) in [5.74, 6) is 2.00. The third kappa shape index (κ3) is 4.22. The number of hydrogen-bond acceptors (Lipinski definition) is 1. The molecule has 0 saturated heterocycles. The Morgan fingerprint density at radius 1 is 0.926 bits per heavy atom. The Labute approximate surface area is 166 Å². The molecule has 2 saturated carbocycles. The van der Waals surface area contributed by atoms with E-state index in [1.165, 1.54) is 50.2 Å². The number of ether oxygens (including phenoxy) is 1. The Morgan fingerprint density at radius 3 is 2.37 bits per heavy atom. The van der Waals surface area contributed by atoms with Gasteiger partial charge in [0.05, 0.1) is 11.1 Å². The van der Waals surface area contributed by atoms with E-state index in [-0.39, 0.29) is 10.8 Å². The summed E-state index contributed by atoms with van der Waals surface area (Å²) in [7, 11) is 0. The molecule has 3 heteroatoms. The zero-order valence-electron chi connectivity index (χ0n) is 16.0. The van der Waals surface area contributed by atoms with Crippen LogP contribution in [0.5, 0.6) is 0 Å². The van der Waals surface area contributed by atoms with Crippen LogP contribution in [0.2, 0.25) is 5.02 Å². The van der Waals surface area contributed by atoms with Crippen LogP contribution in [0.4, 0.5) is 4.39 Å². The van der Waals surface area contributed by atoms with Crippen molar-refractivity contribution in [3.8, 4) is 11.1 Å². The Bertz CT molecular complexity index is 772. The molecule has 27 heavy (non-hydrogen) atoms. The predicted molar refractivity (Wildman–Crippen MR) is 110 cm³/mol. The van der Waals surface area contributed by atoms with Crippen LogP contribution < -0.4 is 0 Å². The fourth-order valence-electron chi connectivity index (χ4n) is 5.16. The first kappa shape index (κ1) is 19.0. The van der Waals surface area contributed by atoms with Gasteiger partial charge in [0.15, 0.2) is 0 Å². The van der Waals surface area contributed by atoms with Gasteiger partial charge < -0.3 is 4.74 Å². The average molecular weight is 387 g/mol. The summed E-state index contributed by atoms with van der Waals surface area (Å²) in [4.78, 5) is 0. The molecule has 1 nitrogen and oxygen atoms in total. The molecular formula is C24H28ClFO. The highest BCUT2D eigenvalue weighted by Gasteiger charge is 2.36. The van der Waals surface area contributed by atoms with Gasteiger partial charge >= 0.3 is 0 Å². The monoisotopic (exact) mass is 386 g/mol. The van der Waals surface area contributed by atoms with Crippen molar-refractivity contribution >= 4 is 11.6 Å². The third-order valence-corrected chi connectivity index (χ3v) is 6.91. The molecule has 0 bridgehead atoms. The molecule has 2 fully saturated rings. The van der Waals surface area contributed by atoms with Gasteiger partial charge in [-0.2, -0.15) is 0 Å². The molecule has 2 aromatic carbocycles. The van der Waals surface area contributed by atoms with Crippen molar-refractivity contribution in [2.75, 3.05) is 6.61 Å². The highest BCUT2D eigenvalue weighted by molar-refractivity contribution is 6.30. The lowest BCUT2D eigenvalue weighted by Gasteiger charge is -2.42. The van der Waals surface area contributed by atoms with Crippen molar-refractivity contribution in [2.24, 2.45) is 11.8 Å². The standard InChI is InChI=1S/C24H28ClFO/c1-2-27-22-11-9-19-13-18(7-8-20(19)14-22)16-3-5-17(6-4-16)21-10-12-23(25)24(26)15-21/h3-6,10,12,15,18-20,22H,2,7-9,11,13-14H2,1H3. The molecule has 0 amide bonds. The Kier molecular flexibility index (Phi) is 5.85. The Balaban J connectivity index is 1.42. The fourth-order valence-corrected chi connectivity index (χ4v) is 5.28. The second kappa shape index (κ2) is 8.32. The predicted octanol–water partition coefficient (Wildman–Crippen LogP) is 7.24. The molecule has 144 valence electrons. The van der Waals surface area contributed by atoms with E-state index in [0.29, 0.717) is 12.0 Å². The smallest absolute Gasteiger partial charge is 0.142 e. The molecular weight excluding hydrogens is 359 g/mol. The molecule has 4 atom stereocenters. The summed E-state index contributed by atoms with van der Waals surface area (Å²) < 4.78 is 19.6. The summed E-state index contributed by atoms with van der Waals surface area (Å²) in [5.41, 5.74) is 3.35. The van der Waals surface area contributed by atoms with Crippen LogP contribution in [0.25, 0.3) is 11.1 Å². The van der Waals surface area contributed by atoms with E-state index in [1.807, 2.05) is 6.07 Å². The van der Waals surface area contributed by atoms with Crippen LogP contribution in [0.1, 0.15) is 56.9 Å². The van der Waals surface area contributed by atoms with Crippen molar-refractivity contribution in [3.63, 3.8) is 0 Å². The number of benzene rings is 2. The van der Waals surface area contributed by atoms with E-state index in [2.05, 4.69) is 31.2 Å². The maximum Gasteiger partial charge on any atom is 0.142 e. The molecule has 2 aromatic rings. The lowest BCUT2D eigenvalue weighted by Crippen LogP contribution is -2.33. The van der Waals surface area contributed by atoms with E-state index in [9.17, 15) is 4.39 Å². The maximum absolute atomic E-state index is 13.7. The van der Waals surface area contributed by atoms with Crippen molar-refractivity contribution < 1.29 is 9.13 Å². The minimum Gasteiger partial charge on any atom is -0.378 e. The average Bonchev–Trinajstić information content (AvgIpc) is 2.70. The van der Waals surface area contributed by atoms with Gasteiger partial charge in [0.25, 0.3) is 0 Å². The van der Waals surface area contributed by atoms with Crippen molar-refractivity contribution in [3.05, 3.63) is 58.9 Å². The first-order valence-corrected chi connectivity index (χ1v) is 10.7. The molecule has 0 heterocycles. The van der Waals surface area contributed by atoms with Gasteiger partial charge in [0.1, 0.15) is 5.82 Å². The summed E-state index contributed by atoms with van der Waals surface area (Å²) in [6.45, 7) is 2.94. The molecule has 2 aliphatic rings. The van der Waals surface area contributed by atoms with E-state index >= 15 is 0 Å². The minimum absolute atomic E-state index is 0.172. The molecule has 4 unspecified atom stereocenters. The number of fused-ring (bicyclic) bond motifs is 1. The van der Waals surface area contributed by atoms with Crippen molar-refractivity contribution in [1.29, 1.82) is 0 Å². The summed E-state index contributed by atoms with van der Waals surface area (Å²) in [6.07, 6.45) is 8.19. The van der Waals surface area contributed by atoms with Gasteiger partial charge in [-0.25, -0.2) is 4.39 Å². The molecule has 0 radical (unpaired) electrons. The summed E-state index contributed by atoms with van der Waals surface area (Å²) in [5, 5.41) is 0.172. The normalized spacial score (nSPS) is 28.0. The van der Waals surface area contributed by atoms with Gasteiger partial charge in [-0.15, -0.1) is 0 Å². The highest BCUT2D eigenvalue weighted by Crippen LogP contribution is 2.46. The second-order valence-corrected chi connectivity index (χ2v) is 8.58. The van der Waals surface area contributed by atoms with Gasteiger partial charge in [0.2, 0.25) is 0 Å². The van der Waals surface area contributed by atoms with E-state index < -0.39 is 0 Å². The van der Waals surface area contributed by atoms with E-state index in [1.54, 1.807) is 6.07 Å². The van der Waals surface area contributed by atoms with Gasteiger partial charge in [-0.1, -0.05) is 41.9 Å². The Hall–Kier alpha value is -1.38. The summed E-state index contributed by atoms with van der Waals surface area (Å²) in [6, 6.07) is 13.7. The second-order valence-electron chi connectivity index (χ2n) is 8.17. The van der Waals surface area contributed by atoms with Crippen LogP contribution >= 0.6 is 11.6 Å². The molecule has 4 rings (SSSR count). The van der Waals surface area contributed by atoms with Crippen LogP contribution in [-0.4, -0.2) is 12.7 Å². The lowest BCUT2D eigenvalue weighted by atomic mass is 9.65. The minimum atomic E-state index is -0.362.